The molecule has 9 heteroatoms. The van der Waals surface area contributed by atoms with Crippen LogP contribution in [0.2, 0.25) is 5.02 Å². The lowest BCUT2D eigenvalue weighted by Crippen LogP contribution is -2.35. The summed E-state index contributed by atoms with van der Waals surface area (Å²) < 4.78 is 7.09. The summed E-state index contributed by atoms with van der Waals surface area (Å²) >= 11 is 7.61. The molecule has 2 aromatic rings. The minimum absolute atomic E-state index is 0.0248. The van der Waals surface area contributed by atoms with Crippen LogP contribution in [-0.2, 0) is 4.79 Å². The quantitative estimate of drug-likeness (QED) is 0.675. The summed E-state index contributed by atoms with van der Waals surface area (Å²) in [5.41, 5.74) is 1.72. The summed E-state index contributed by atoms with van der Waals surface area (Å²) in [6, 6.07) is 9.16. The zero-order valence-corrected chi connectivity index (χ0v) is 18.3. The van der Waals surface area contributed by atoms with E-state index in [1.807, 2.05) is 29.0 Å². The number of amides is 1. The number of amidine groups is 2. The molecule has 2 aliphatic heterocycles. The number of ether oxygens (including phenoxy) is 1. The van der Waals surface area contributed by atoms with Gasteiger partial charge in [-0.2, -0.15) is 15.1 Å². The van der Waals surface area contributed by atoms with E-state index in [0.717, 1.165) is 22.8 Å². The molecule has 1 N–H and O–H groups in total. The van der Waals surface area contributed by atoms with E-state index in [1.54, 1.807) is 25.3 Å². The Morgan fingerprint density at radius 1 is 1.33 bits per heavy atom. The molecule has 0 aliphatic carbocycles. The van der Waals surface area contributed by atoms with Gasteiger partial charge in [0.25, 0.3) is 5.91 Å². The minimum atomic E-state index is -0.444. The normalized spacial score (nSPS) is 17.5. The third-order valence-corrected chi connectivity index (χ3v) is 5.79. The number of hydrogen-bond donors (Lipinski definition) is 1. The fourth-order valence-electron chi connectivity index (χ4n) is 3.16. The highest BCUT2D eigenvalue weighted by Crippen LogP contribution is 2.31. The van der Waals surface area contributed by atoms with Gasteiger partial charge in [0.1, 0.15) is 10.8 Å². The number of rotatable bonds is 5. The van der Waals surface area contributed by atoms with Crippen LogP contribution in [-0.4, -0.2) is 38.6 Å². The van der Waals surface area contributed by atoms with Crippen molar-refractivity contribution < 1.29 is 9.53 Å². The van der Waals surface area contributed by atoms with E-state index >= 15 is 0 Å². The van der Waals surface area contributed by atoms with Crippen molar-refractivity contribution in [2.24, 2.45) is 16.0 Å². The van der Waals surface area contributed by atoms with E-state index in [-0.39, 0.29) is 11.4 Å². The number of aliphatic imine (C=N–C) groups is 1. The van der Waals surface area contributed by atoms with Gasteiger partial charge in [0.2, 0.25) is 5.17 Å². The number of nitrogens with one attached hydrogen (secondary N) is 1. The summed E-state index contributed by atoms with van der Waals surface area (Å²) in [4.78, 5) is 16.8. The van der Waals surface area contributed by atoms with Gasteiger partial charge in [-0.05, 0) is 54.1 Å². The monoisotopic (exact) mass is 441 g/mol. The summed E-state index contributed by atoms with van der Waals surface area (Å²) in [6.45, 7) is 4.20. The lowest BCUT2D eigenvalue weighted by atomic mass is 10.1. The predicted molar refractivity (Wildman–Crippen MR) is 122 cm³/mol. The zero-order chi connectivity index (χ0) is 21.4. The van der Waals surface area contributed by atoms with Gasteiger partial charge >= 0.3 is 0 Å². The van der Waals surface area contributed by atoms with Gasteiger partial charge in [0, 0.05) is 24.0 Å². The minimum Gasteiger partial charge on any atom is -0.495 e. The highest BCUT2D eigenvalue weighted by Gasteiger charge is 2.35. The van der Waals surface area contributed by atoms with Gasteiger partial charge in [0.15, 0.2) is 5.84 Å². The number of carbonyl (C=O) groups is 1. The van der Waals surface area contributed by atoms with Crippen LogP contribution in [0.15, 0.2) is 52.2 Å². The van der Waals surface area contributed by atoms with E-state index in [9.17, 15) is 4.79 Å². The first-order chi connectivity index (χ1) is 14.4. The van der Waals surface area contributed by atoms with Gasteiger partial charge in [-0.25, -0.2) is 0 Å². The Hall–Kier alpha value is -2.84. The Kier molecular flexibility index (Phi) is 5.53. The molecule has 2 aliphatic rings. The van der Waals surface area contributed by atoms with Crippen LogP contribution in [0.3, 0.4) is 0 Å². The molecule has 1 amide bonds. The van der Waals surface area contributed by atoms with Crippen LogP contribution in [0.25, 0.3) is 11.8 Å². The molecule has 30 heavy (non-hydrogen) atoms. The van der Waals surface area contributed by atoms with Crippen LogP contribution in [0.5, 0.6) is 5.75 Å². The fraction of sp³-hybridized carbons (Fsp3) is 0.238. The second-order valence-electron chi connectivity index (χ2n) is 7.23. The van der Waals surface area contributed by atoms with Crippen LogP contribution in [0, 0.1) is 11.3 Å². The molecule has 0 fully saturated rings. The number of carbonyl (C=O) groups excluding carboxylic acids is 1. The van der Waals surface area contributed by atoms with Crippen molar-refractivity contribution >= 4 is 51.4 Å². The van der Waals surface area contributed by atoms with Crippen molar-refractivity contribution in [1.82, 2.24) is 9.58 Å². The van der Waals surface area contributed by atoms with Crippen LogP contribution in [0.4, 0.5) is 0 Å². The standard InChI is InChI=1S/C21H20ClN5O2S/c1-12(2)9-18-25-27-19(23)15(20(28)24-21(27)30-18)10-13-5-4-8-26(13)14-6-7-17(29-3)16(22)11-14/h4-8,10-12,23H,9H2,1-3H3/b15-10+,23-19?. The van der Waals surface area contributed by atoms with Crippen molar-refractivity contribution in [3.8, 4) is 11.4 Å². The number of hydrogen-bond acceptors (Lipinski definition) is 5. The molecule has 0 atom stereocenters. The zero-order valence-electron chi connectivity index (χ0n) is 16.7. The largest absolute Gasteiger partial charge is 0.495 e. The van der Waals surface area contributed by atoms with Crippen molar-refractivity contribution in [3.05, 3.63) is 52.8 Å². The second kappa shape index (κ2) is 8.12. The number of hydrazone groups is 1. The molecule has 0 saturated heterocycles. The fourth-order valence-corrected chi connectivity index (χ4v) is 4.51. The first-order valence-electron chi connectivity index (χ1n) is 9.37. The molecule has 0 spiro atoms. The molecule has 3 heterocycles. The molecular formula is C21H20ClN5O2S. The molecule has 0 bridgehead atoms. The molecule has 154 valence electrons. The summed E-state index contributed by atoms with van der Waals surface area (Å²) in [5, 5.41) is 16.2. The van der Waals surface area contributed by atoms with Gasteiger partial charge in [0.05, 0.1) is 17.7 Å². The van der Waals surface area contributed by atoms with Gasteiger partial charge in [-0.1, -0.05) is 25.4 Å². The van der Waals surface area contributed by atoms with E-state index in [0.29, 0.717) is 21.9 Å². The Labute approximate surface area is 183 Å². The highest BCUT2D eigenvalue weighted by atomic mass is 35.5. The lowest BCUT2D eigenvalue weighted by Gasteiger charge is -2.20. The third kappa shape index (κ3) is 3.80. The first-order valence-corrected chi connectivity index (χ1v) is 10.6. The topological polar surface area (TPSA) is 83.0 Å². The molecule has 0 saturated carbocycles. The maximum Gasteiger partial charge on any atom is 0.283 e. The third-order valence-electron chi connectivity index (χ3n) is 4.57. The number of halogens is 1. The summed E-state index contributed by atoms with van der Waals surface area (Å²) in [5.74, 6) is 0.593. The molecule has 0 radical (unpaired) electrons. The van der Waals surface area contributed by atoms with Gasteiger partial charge in [-0.3, -0.25) is 10.2 Å². The summed E-state index contributed by atoms with van der Waals surface area (Å²) in [7, 11) is 1.56. The predicted octanol–water partition coefficient (Wildman–Crippen LogP) is 4.80. The maximum absolute atomic E-state index is 12.7. The van der Waals surface area contributed by atoms with Crippen molar-refractivity contribution in [3.63, 3.8) is 0 Å². The van der Waals surface area contributed by atoms with Crippen molar-refractivity contribution in [1.29, 1.82) is 5.41 Å². The number of nitrogens with zero attached hydrogens (tertiary/aromatic N) is 4. The van der Waals surface area contributed by atoms with Crippen LogP contribution >= 0.6 is 23.4 Å². The SMILES string of the molecule is COc1ccc(-n2cccc2/C=C2\C(=N)N3N=C(CC(C)C)SC3=NC2=O)cc1Cl. The lowest BCUT2D eigenvalue weighted by molar-refractivity contribution is -0.114. The van der Waals surface area contributed by atoms with Gasteiger partial charge in [-0.15, -0.1) is 0 Å². The van der Waals surface area contributed by atoms with E-state index in [2.05, 4.69) is 23.9 Å². The molecule has 4 rings (SSSR count). The van der Waals surface area contributed by atoms with Crippen LogP contribution < -0.4 is 4.74 Å². The number of thioether (sulfide) groups is 1. The smallest absolute Gasteiger partial charge is 0.283 e. The van der Waals surface area contributed by atoms with E-state index < -0.39 is 5.91 Å². The number of methoxy groups -OCH3 is 1. The molecular weight excluding hydrogens is 422 g/mol. The van der Waals surface area contributed by atoms with E-state index in [1.165, 1.54) is 16.8 Å². The summed E-state index contributed by atoms with van der Waals surface area (Å²) in [6.07, 6.45) is 4.30. The Balaban J connectivity index is 1.68. The number of aromatic nitrogens is 1. The number of benzene rings is 1. The molecule has 1 aromatic carbocycles. The Morgan fingerprint density at radius 2 is 2.13 bits per heavy atom. The molecule has 1 aromatic heterocycles. The average Bonchev–Trinajstić information content (AvgIpc) is 3.31. The van der Waals surface area contributed by atoms with Gasteiger partial charge < -0.3 is 9.30 Å². The molecule has 0 unspecified atom stereocenters. The average molecular weight is 442 g/mol. The number of fused-ring (bicyclic) bond motifs is 1. The second-order valence-corrected chi connectivity index (χ2v) is 8.68. The van der Waals surface area contributed by atoms with Crippen LogP contribution in [0.1, 0.15) is 26.0 Å². The van der Waals surface area contributed by atoms with Crippen molar-refractivity contribution in [2.45, 2.75) is 20.3 Å². The first kappa shape index (κ1) is 20.4. The maximum atomic E-state index is 12.7. The highest BCUT2D eigenvalue weighted by molar-refractivity contribution is 8.26. The Morgan fingerprint density at radius 3 is 2.83 bits per heavy atom. The Bertz CT molecular complexity index is 1130. The van der Waals surface area contributed by atoms with Crippen molar-refractivity contribution in [2.75, 3.05) is 7.11 Å². The molecule has 7 nitrogen and oxygen atoms in total. The van der Waals surface area contributed by atoms with E-state index in [4.69, 9.17) is 21.7 Å².